The smallest absolute Gasteiger partial charge is 0.252 e. The van der Waals surface area contributed by atoms with E-state index in [1.807, 2.05) is 6.92 Å². The number of hydrogen-bond donors (Lipinski definition) is 2. The van der Waals surface area contributed by atoms with Gasteiger partial charge >= 0.3 is 0 Å². The number of anilines is 1. The Morgan fingerprint density at radius 3 is 2.70 bits per heavy atom. The Morgan fingerprint density at radius 1 is 1.45 bits per heavy atom. The van der Waals surface area contributed by atoms with Crippen molar-refractivity contribution in [2.45, 2.75) is 39.5 Å². The molecule has 1 aliphatic rings. The van der Waals surface area contributed by atoms with E-state index in [0.29, 0.717) is 21.8 Å². The number of nitrogens with zero attached hydrogens (tertiary/aromatic N) is 1. The number of hydrogen-bond acceptors (Lipinski definition) is 3. The maximum atomic E-state index is 12.1. The standard InChI is InChI=1S/C15H22ClN3O/c1-3-15(6-5-7-15)10-19-14(20)11-8-12(16)13(17-4-2)18-9-11/h8-9H,3-7,10H2,1-2H3,(H,17,18)(H,19,20). The number of pyridine rings is 1. The Hall–Kier alpha value is -1.29. The van der Waals surface area contributed by atoms with Crippen molar-refractivity contribution in [2.75, 3.05) is 18.4 Å². The first kappa shape index (κ1) is 15.1. The first-order chi connectivity index (χ1) is 9.60. The summed E-state index contributed by atoms with van der Waals surface area (Å²) in [4.78, 5) is 16.3. The van der Waals surface area contributed by atoms with Gasteiger partial charge in [-0.15, -0.1) is 0 Å². The molecule has 20 heavy (non-hydrogen) atoms. The first-order valence-corrected chi connectivity index (χ1v) is 7.65. The summed E-state index contributed by atoms with van der Waals surface area (Å²) in [5.41, 5.74) is 0.832. The third kappa shape index (κ3) is 3.23. The quantitative estimate of drug-likeness (QED) is 0.845. The number of carbonyl (C=O) groups is 1. The minimum atomic E-state index is -0.0952. The number of halogens is 1. The predicted molar refractivity (Wildman–Crippen MR) is 82.3 cm³/mol. The second-order valence-electron chi connectivity index (χ2n) is 5.47. The lowest BCUT2D eigenvalue weighted by Crippen LogP contribution is -2.41. The molecular weight excluding hydrogens is 274 g/mol. The van der Waals surface area contributed by atoms with Gasteiger partial charge in [-0.05, 0) is 37.7 Å². The van der Waals surface area contributed by atoms with E-state index < -0.39 is 0 Å². The molecule has 0 bridgehead atoms. The van der Waals surface area contributed by atoms with E-state index in [9.17, 15) is 4.79 Å². The van der Waals surface area contributed by atoms with E-state index in [2.05, 4.69) is 22.5 Å². The van der Waals surface area contributed by atoms with Crippen molar-refractivity contribution in [3.8, 4) is 0 Å². The fourth-order valence-corrected chi connectivity index (χ4v) is 2.79. The van der Waals surface area contributed by atoms with Crippen LogP contribution in [0.4, 0.5) is 5.82 Å². The normalized spacial score (nSPS) is 16.4. The van der Waals surface area contributed by atoms with E-state index in [1.54, 1.807) is 12.3 Å². The molecule has 0 radical (unpaired) electrons. The van der Waals surface area contributed by atoms with Crippen LogP contribution in [-0.4, -0.2) is 24.0 Å². The number of aromatic nitrogens is 1. The summed E-state index contributed by atoms with van der Waals surface area (Å²) in [6.07, 6.45) is 6.38. The number of rotatable bonds is 6. The zero-order chi connectivity index (χ0) is 14.6. The zero-order valence-electron chi connectivity index (χ0n) is 12.1. The topological polar surface area (TPSA) is 54.0 Å². The van der Waals surface area contributed by atoms with Gasteiger partial charge in [-0.3, -0.25) is 4.79 Å². The Kier molecular flexibility index (Phi) is 4.86. The average Bonchev–Trinajstić information content (AvgIpc) is 2.40. The molecule has 1 fully saturated rings. The van der Waals surface area contributed by atoms with Crippen molar-refractivity contribution < 1.29 is 4.79 Å². The molecule has 1 aromatic heterocycles. The van der Waals surface area contributed by atoms with Gasteiger partial charge in [-0.2, -0.15) is 0 Å². The van der Waals surface area contributed by atoms with Gasteiger partial charge in [-0.25, -0.2) is 4.98 Å². The van der Waals surface area contributed by atoms with Crippen LogP contribution in [0.15, 0.2) is 12.3 Å². The summed E-state index contributed by atoms with van der Waals surface area (Å²) in [5.74, 6) is 0.525. The summed E-state index contributed by atoms with van der Waals surface area (Å²) in [6.45, 7) is 5.66. The number of amides is 1. The first-order valence-electron chi connectivity index (χ1n) is 7.28. The summed E-state index contributed by atoms with van der Waals surface area (Å²) in [6, 6.07) is 1.67. The van der Waals surface area contributed by atoms with Crippen molar-refractivity contribution in [2.24, 2.45) is 5.41 Å². The molecule has 2 rings (SSSR count). The highest BCUT2D eigenvalue weighted by molar-refractivity contribution is 6.33. The van der Waals surface area contributed by atoms with E-state index in [-0.39, 0.29) is 5.91 Å². The molecule has 0 aliphatic heterocycles. The minimum absolute atomic E-state index is 0.0952. The monoisotopic (exact) mass is 295 g/mol. The predicted octanol–water partition coefficient (Wildman–Crippen LogP) is 3.48. The number of carbonyl (C=O) groups excluding carboxylic acids is 1. The van der Waals surface area contributed by atoms with E-state index >= 15 is 0 Å². The molecule has 0 aromatic carbocycles. The van der Waals surface area contributed by atoms with Gasteiger partial charge in [0.1, 0.15) is 5.82 Å². The Bertz CT molecular complexity index is 480. The van der Waals surface area contributed by atoms with Gasteiger partial charge in [0.05, 0.1) is 10.6 Å². The van der Waals surface area contributed by atoms with Crippen LogP contribution >= 0.6 is 11.6 Å². The van der Waals surface area contributed by atoms with E-state index in [1.165, 1.54) is 19.3 Å². The lowest BCUT2D eigenvalue weighted by Gasteiger charge is -2.41. The Morgan fingerprint density at radius 2 is 2.20 bits per heavy atom. The molecule has 0 unspecified atom stereocenters. The molecule has 1 amide bonds. The molecule has 1 aliphatic carbocycles. The fraction of sp³-hybridized carbons (Fsp3) is 0.600. The molecule has 4 nitrogen and oxygen atoms in total. The molecule has 110 valence electrons. The highest BCUT2D eigenvalue weighted by atomic mass is 35.5. The number of nitrogens with one attached hydrogen (secondary N) is 2. The second kappa shape index (κ2) is 6.44. The van der Waals surface area contributed by atoms with Crippen molar-refractivity contribution >= 4 is 23.3 Å². The lowest BCUT2D eigenvalue weighted by atomic mass is 9.67. The van der Waals surface area contributed by atoms with E-state index in [0.717, 1.165) is 19.5 Å². The van der Waals surface area contributed by atoms with Crippen LogP contribution in [0.2, 0.25) is 5.02 Å². The third-order valence-electron chi connectivity index (χ3n) is 4.24. The summed E-state index contributed by atoms with van der Waals surface area (Å²) >= 11 is 6.10. The average molecular weight is 296 g/mol. The molecule has 0 saturated heterocycles. The van der Waals surface area contributed by atoms with Gasteiger partial charge in [-0.1, -0.05) is 24.9 Å². The second-order valence-corrected chi connectivity index (χ2v) is 5.88. The molecular formula is C15H22ClN3O. The molecule has 1 heterocycles. The third-order valence-corrected chi connectivity index (χ3v) is 4.52. The van der Waals surface area contributed by atoms with Crippen LogP contribution in [0, 0.1) is 5.41 Å². The van der Waals surface area contributed by atoms with Crippen molar-refractivity contribution in [3.05, 3.63) is 22.8 Å². The zero-order valence-corrected chi connectivity index (χ0v) is 12.9. The maximum absolute atomic E-state index is 12.1. The van der Waals surface area contributed by atoms with Gasteiger partial charge in [0, 0.05) is 19.3 Å². The van der Waals surface area contributed by atoms with Crippen molar-refractivity contribution in [1.82, 2.24) is 10.3 Å². The van der Waals surface area contributed by atoms with Gasteiger partial charge in [0.25, 0.3) is 5.91 Å². The van der Waals surface area contributed by atoms with Crippen LogP contribution in [0.3, 0.4) is 0 Å². The van der Waals surface area contributed by atoms with Crippen LogP contribution < -0.4 is 10.6 Å². The Balaban J connectivity index is 1.97. The summed E-state index contributed by atoms with van der Waals surface area (Å²) in [7, 11) is 0. The van der Waals surface area contributed by atoms with Crippen LogP contribution in [-0.2, 0) is 0 Å². The summed E-state index contributed by atoms with van der Waals surface area (Å²) < 4.78 is 0. The Labute approximate surface area is 125 Å². The fourth-order valence-electron chi connectivity index (χ4n) is 2.56. The van der Waals surface area contributed by atoms with Gasteiger partial charge in [0.15, 0.2) is 0 Å². The van der Waals surface area contributed by atoms with Crippen LogP contribution in [0.1, 0.15) is 49.9 Å². The van der Waals surface area contributed by atoms with Gasteiger partial charge in [0.2, 0.25) is 0 Å². The molecule has 1 saturated carbocycles. The highest BCUT2D eigenvalue weighted by Gasteiger charge is 2.35. The SMILES string of the molecule is CCNc1ncc(C(=O)NCC2(CC)CCC2)cc1Cl. The molecule has 0 spiro atoms. The summed E-state index contributed by atoms with van der Waals surface area (Å²) in [5, 5.41) is 6.54. The van der Waals surface area contributed by atoms with Crippen LogP contribution in [0.5, 0.6) is 0 Å². The molecule has 0 atom stereocenters. The lowest BCUT2D eigenvalue weighted by molar-refractivity contribution is 0.0850. The van der Waals surface area contributed by atoms with Gasteiger partial charge < -0.3 is 10.6 Å². The molecule has 1 aromatic rings. The van der Waals surface area contributed by atoms with Crippen LogP contribution in [0.25, 0.3) is 0 Å². The van der Waals surface area contributed by atoms with E-state index in [4.69, 9.17) is 11.6 Å². The highest BCUT2D eigenvalue weighted by Crippen LogP contribution is 2.43. The molecule has 2 N–H and O–H groups in total. The van der Waals surface area contributed by atoms with Crippen molar-refractivity contribution in [3.63, 3.8) is 0 Å². The maximum Gasteiger partial charge on any atom is 0.252 e. The van der Waals surface area contributed by atoms with Crippen molar-refractivity contribution in [1.29, 1.82) is 0 Å². The minimum Gasteiger partial charge on any atom is -0.369 e. The largest absolute Gasteiger partial charge is 0.369 e. The molecule has 5 heteroatoms.